The van der Waals surface area contributed by atoms with Crippen LogP contribution in [0.2, 0.25) is 0 Å². The van der Waals surface area contributed by atoms with E-state index >= 15 is 0 Å². The van der Waals surface area contributed by atoms with E-state index in [0.29, 0.717) is 30.6 Å². The Morgan fingerprint density at radius 3 is 2.73 bits per heavy atom. The van der Waals surface area contributed by atoms with Crippen LogP contribution in [0.1, 0.15) is 56.1 Å². The van der Waals surface area contributed by atoms with E-state index in [1.54, 1.807) is 0 Å². The number of rotatable bonds is 5. The van der Waals surface area contributed by atoms with Crippen LogP contribution in [0.3, 0.4) is 0 Å². The molecule has 3 rings (SSSR count). The van der Waals surface area contributed by atoms with Crippen LogP contribution in [0.15, 0.2) is 18.2 Å². The average Bonchev–Trinajstić information content (AvgIpc) is 3.08. The molecule has 2 aliphatic rings. The average molecular weight is 302 g/mol. The molecule has 22 heavy (non-hydrogen) atoms. The molecule has 0 amide bonds. The van der Waals surface area contributed by atoms with Crippen molar-refractivity contribution < 1.29 is 14.6 Å². The van der Waals surface area contributed by atoms with E-state index in [9.17, 15) is 9.90 Å². The van der Waals surface area contributed by atoms with Crippen LogP contribution in [0.4, 0.5) is 0 Å². The van der Waals surface area contributed by atoms with Crippen LogP contribution in [-0.4, -0.2) is 17.7 Å². The van der Waals surface area contributed by atoms with Gasteiger partial charge in [0.05, 0.1) is 6.61 Å². The molecular weight excluding hydrogens is 276 g/mol. The number of aromatic hydroxyl groups is 1. The van der Waals surface area contributed by atoms with Crippen molar-refractivity contribution in [2.45, 2.75) is 51.9 Å². The van der Waals surface area contributed by atoms with E-state index in [0.717, 1.165) is 23.8 Å². The van der Waals surface area contributed by atoms with Gasteiger partial charge in [-0.25, -0.2) is 0 Å². The zero-order chi connectivity index (χ0) is 15.7. The van der Waals surface area contributed by atoms with E-state index in [2.05, 4.69) is 12.1 Å². The van der Waals surface area contributed by atoms with Crippen LogP contribution in [-0.2, 0) is 9.53 Å². The van der Waals surface area contributed by atoms with Crippen LogP contribution >= 0.6 is 0 Å². The highest BCUT2D eigenvalue weighted by Crippen LogP contribution is 2.57. The predicted molar refractivity (Wildman–Crippen MR) is 85.8 cm³/mol. The maximum Gasteiger partial charge on any atom is 0.305 e. The molecule has 1 N–H and O–H groups in total. The summed E-state index contributed by atoms with van der Waals surface area (Å²) in [5, 5.41) is 9.68. The van der Waals surface area contributed by atoms with Crippen molar-refractivity contribution in [3.05, 3.63) is 29.3 Å². The molecule has 120 valence electrons. The Bertz CT molecular complexity index is 552. The topological polar surface area (TPSA) is 46.5 Å². The number of hydrogen-bond donors (Lipinski definition) is 1. The van der Waals surface area contributed by atoms with E-state index in [-0.39, 0.29) is 5.97 Å². The van der Waals surface area contributed by atoms with Gasteiger partial charge < -0.3 is 9.84 Å². The summed E-state index contributed by atoms with van der Waals surface area (Å²) in [6, 6.07) is 6.06. The first-order valence-electron chi connectivity index (χ1n) is 8.53. The Hall–Kier alpha value is -1.51. The lowest BCUT2D eigenvalue weighted by Crippen LogP contribution is -2.18. The summed E-state index contributed by atoms with van der Waals surface area (Å²) in [7, 11) is 0. The van der Waals surface area contributed by atoms with Gasteiger partial charge >= 0.3 is 5.97 Å². The number of carbonyl (C=O) groups excluding carboxylic acids is 1. The van der Waals surface area contributed by atoms with Gasteiger partial charge in [-0.3, -0.25) is 4.79 Å². The van der Waals surface area contributed by atoms with Gasteiger partial charge in [0, 0.05) is 6.42 Å². The molecule has 0 heterocycles. The minimum absolute atomic E-state index is 0.0454. The fourth-order valence-corrected chi connectivity index (χ4v) is 4.60. The standard InChI is InChI=1S/C19H26O3/c1-3-22-19(21)7-5-13-9-16-10-15(13)11-17(16)14-4-6-18(20)12(2)8-14/h4,6,8,13,15-17,20H,3,5,7,9-11H2,1-2H3. The molecule has 0 saturated heterocycles. The Kier molecular flexibility index (Phi) is 4.42. The third-order valence-corrected chi connectivity index (χ3v) is 5.68. The number of phenolic OH excluding ortho intramolecular Hbond substituents is 1. The SMILES string of the molecule is CCOC(=O)CCC1CC2CC1CC2c1ccc(O)c(C)c1. The van der Waals surface area contributed by atoms with Crippen molar-refractivity contribution in [3.8, 4) is 5.75 Å². The van der Waals surface area contributed by atoms with E-state index in [4.69, 9.17) is 4.74 Å². The molecule has 0 aromatic heterocycles. The lowest BCUT2D eigenvalue weighted by molar-refractivity contribution is -0.143. The number of ether oxygens (including phenoxy) is 1. The third kappa shape index (κ3) is 2.99. The lowest BCUT2D eigenvalue weighted by atomic mass is 9.77. The fraction of sp³-hybridized carbons (Fsp3) is 0.632. The maximum absolute atomic E-state index is 11.5. The van der Waals surface area contributed by atoms with Gasteiger partial charge in [0.1, 0.15) is 5.75 Å². The van der Waals surface area contributed by atoms with E-state index < -0.39 is 0 Å². The second-order valence-electron chi connectivity index (χ2n) is 6.98. The molecule has 0 spiro atoms. The normalized spacial score (nSPS) is 29.7. The van der Waals surface area contributed by atoms with Crippen molar-refractivity contribution in [3.63, 3.8) is 0 Å². The minimum atomic E-state index is -0.0454. The maximum atomic E-state index is 11.5. The first kappa shape index (κ1) is 15.4. The van der Waals surface area contributed by atoms with Crippen molar-refractivity contribution in [2.75, 3.05) is 6.61 Å². The van der Waals surface area contributed by atoms with E-state index in [1.807, 2.05) is 19.9 Å². The molecule has 0 radical (unpaired) electrons. The number of phenols is 1. The molecule has 1 aromatic carbocycles. The van der Waals surface area contributed by atoms with Crippen molar-refractivity contribution in [2.24, 2.45) is 17.8 Å². The van der Waals surface area contributed by atoms with Gasteiger partial charge in [0.2, 0.25) is 0 Å². The largest absolute Gasteiger partial charge is 0.508 e. The predicted octanol–water partition coefficient (Wildman–Crippen LogP) is 4.17. The quantitative estimate of drug-likeness (QED) is 0.830. The summed E-state index contributed by atoms with van der Waals surface area (Å²) >= 11 is 0. The number of carbonyl (C=O) groups is 1. The van der Waals surface area contributed by atoms with Gasteiger partial charge in [0.15, 0.2) is 0 Å². The molecule has 2 saturated carbocycles. The summed E-state index contributed by atoms with van der Waals surface area (Å²) in [6.07, 6.45) is 5.35. The molecule has 4 unspecified atom stereocenters. The highest BCUT2D eigenvalue weighted by Gasteiger charge is 2.45. The van der Waals surface area contributed by atoms with Crippen molar-refractivity contribution in [1.82, 2.24) is 0 Å². The monoisotopic (exact) mass is 302 g/mol. The van der Waals surface area contributed by atoms with Crippen molar-refractivity contribution in [1.29, 1.82) is 0 Å². The molecule has 3 heteroatoms. The summed E-state index contributed by atoms with van der Waals surface area (Å²) in [5.41, 5.74) is 2.35. The number of hydrogen-bond acceptors (Lipinski definition) is 3. The number of benzene rings is 1. The fourth-order valence-electron chi connectivity index (χ4n) is 4.60. The molecule has 4 atom stereocenters. The second kappa shape index (κ2) is 6.31. The Morgan fingerprint density at radius 2 is 2.09 bits per heavy atom. The van der Waals surface area contributed by atoms with Gasteiger partial charge in [-0.2, -0.15) is 0 Å². The molecule has 3 nitrogen and oxygen atoms in total. The highest BCUT2D eigenvalue weighted by molar-refractivity contribution is 5.69. The molecular formula is C19H26O3. The molecule has 0 aliphatic heterocycles. The molecule has 1 aromatic rings. The molecule has 2 aliphatic carbocycles. The zero-order valence-electron chi connectivity index (χ0n) is 13.5. The molecule has 2 bridgehead atoms. The lowest BCUT2D eigenvalue weighted by Gasteiger charge is -2.28. The second-order valence-corrected chi connectivity index (χ2v) is 6.98. The van der Waals surface area contributed by atoms with E-state index in [1.165, 1.54) is 24.8 Å². The third-order valence-electron chi connectivity index (χ3n) is 5.68. The molecule has 2 fully saturated rings. The van der Waals surface area contributed by atoms with Crippen molar-refractivity contribution >= 4 is 5.97 Å². The number of fused-ring (bicyclic) bond motifs is 2. The Morgan fingerprint density at radius 1 is 1.27 bits per heavy atom. The zero-order valence-corrected chi connectivity index (χ0v) is 13.5. The van der Waals surface area contributed by atoms with Crippen LogP contribution in [0, 0.1) is 24.7 Å². The van der Waals surface area contributed by atoms with Gasteiger partial charge in [-0.05, 0) is 80.4 Å². The van der Waals surface area contributed by atoms with Crippen LogP contribution in [0.5, 0.6) is 5.75 Å². The van der Waals surface area contributed by atoms with Crippen LogP contribution in [0.25, 0.3) is 0 Å². The van der Waals surface area contributed by atoms with Gasteiger partial charge in [0.25, 0.3) is 0 Å². The number of esters is 1. The van der Waals surface area contributed by atoms with Gasteiger partial charge in [-0.15, -0.1) is 0 Å². The summed E-state index contributed by atoms with van der Waals surface area (Å²) < 4.78 is 5.03. The Balaban J connectivity index is 1.57. The number of aryl methyl sites for hydroxylation is 1. The summed E-state index contributed by atoms with van der Waals surface area (Å²) in [5.74, 6) is 3.20. The minimum Gasteiger partial charge on any atom is -0.508 e. The van der Waals surface area contributed by atoms with Crippen LogP contribution < -0.4 is 0 Å². The first-order valence-corrected chi connectivity index (χ1v) is 8.53. The summed E-state index contributed by atoms with van der Waals surface area (Å²) in [6.45, 7) is 4.31. The Labute approximate surface area is 132 Å². The summed E-state index contributed by atoms with van der Waals surface area (Å²) in [4.78, 5) is 11.5. The highest BCUT2D eigenvalue weighted by atomic mass is 16.5. The smallest absolute Gasteiger partial charge is 0.305 e. The first-order chi connectivity index (χ1) is 10.6. The van der Waals surface area contributed by atoms with Gasteiger partial charge in [-0.1, -0.05) is 12.1 Å².